The molecular weight excluding hydrogens is 268 g/mol. The molecule has 1 amide bonds. The molecule has 1 aromatic rings. The molecule has 108 valence electrons. The highest BCUT2D eigenvalue weighted by atomic mass is 32.2. The number of carbonyl (C=O) groups excluding carboxylic acids is 1. The maximum atomic E-state index is 12.1. The van der Waals surface area contributed by atoms with Crippen molar-refractivity contribution in [2.24, 2.45) is 5.92 Å². The van der Waals surface area contributed by atoms with Crippen LogP contribution in [0.4, 0.5) is 5.82 Å². The normalized spacial score (nSPS) is 13.5. The van der Waals surface area contributed by atoms with E-state index >= 15 is 0 Å². The molecule has 0 aliphatic rings. The summed E-state index contributed by atoms with van der Waals surface area (Å²) in [4.78, 5) is 12.1. The Morgan fingerprint density at radius 1 is 1.47 bits per heavy atom. The van der Waals surface area contributed by atoms with Gasteiger partial charge in [0.05, 0.1) is 12.5 Å². The summed E-state index contributed by atoms with van der Waals surface area (Å²) in [6.45, 7) is 5.64. The predicted octanol–water partition coefficient (Wildman–Crippen LogP) is 0.621. The summed E-state index contributed by atoms with van der Waals surface area (Å²) in [5.74, 6) is 0.272. The molecule has 1 unspecified atom stereocenters. The molecule has 0 saturated heterocycles. The number of hydrogen-bond acceptors (Lipinski definition) is 4. The smallest absolute Gasteiger partial charge is 0.243 e. The molecule has 0 radical (unpaired) electrons. The van der Waals surface area contributed by atoms with E-state index in [0.29, 0.717) is 12.2 Å². The number of aryl methyl sites for hydroxylation is 1. The SMILES string of the molecule is Cc1cn[nH]c1NC(=O)C(CC(C)C)NS(C)(=O)=O. The van der Waals surface area contributed by atoms with Gasteiger partial charge in [-0.15, -0.1) is 0 Å². The van der Waals surface area contributed by atoms with Gasteiger partial charge in [-0.2, -0.15) is 5.10 Å². The summed E-state index contributed by atoms with van der Waals surface area (Å²) in [5.41, 5.74) is 0.788. The van der Waals surface area contributed by atoms with Crippen LogP contribution in [-0.2, 0) is 14.8 Å². The molecular formula is C11H20N4O3S. The van der Waals surface area contributed by atoms with Crippen LogP contribution in [0.1, 0.15) is 25.8 Å². The number of nitrogens with one attached hydrogen (secondary N) is 3. The van der Waals surface area contributed by atoms with Crippen molar-refractivity contribution in [3.05, 3.63) is 11.8 Å². The Morgan fingerprint density at radius 3 is 2.53 bits per heavy atom. The Hall–Kier alpha value is -1.41. The molecule has 1 atom stereocenters. The Morgan fingerprint density at radius 2 is 2.11 bits per heavy atom. The molecule has 0 fully saturated rings. The zero-order valence-corrected chi connectivity index (χ0v) is 12.3. The van der Waals surface area contributed by atoms with Crippen molar-refractivity contribution in [2.45, 2.75) is 33.2 Å². The van der Waals surface area contributed by atoms with Crippen LogP contribution in [0.15, 0.2) is 6.20 Å². The minimum atomic E-state index is -3.44. The minimum absolute atomic E-state index is 0.188. The maximum Gasteiger partial charge on any atom is 0.243 e. The highest BCUT2D eigenvalue weighted by Crippen LogP contribution is 2.12. The van der Waals surface area contributed by atoms with Crippen molar-refractivity contribution in [1.82, 2.24) is 14.9 Å². The lowest BCUT2D eigenvalue weighted by atomic mass is 10.0. The highest BCUT2D eigenvalue weighted by Gasteiger charge is 2.23. The van der Waals surface area contributed by atoms with Gasteiger partial charge in [-0.25, -0.2) is 13.1 Å². The molecule has 3 N–H and O–H groups in total. The first kappa shape index (κ1) is 15.6. The average Bonchev–Trinajstić information content (AvgIpc) is 2.60. The van der Waals surface area contributed by atoms with Gasteiger partial charge >= 0.3 is 0 Å². The number of H-pyrrole nitrogens is 1. The second-order valence-corrected chi connectivity index (χ2v) is 6.77. The fraction of sp³-hybridized carbons (Fsp3) is 0.636. The van der Waals surface area contributed by atoms with Crippen LogP contribution in [0, 0.1) is 12.8 Å². The third-order valence-corrected chi connectivity index (χ3v) is 3.17. The monoisotopic (exact) mass is 288 g/mol. The summed E-state index contributed by atoms with van der Waals surface area (Å²) >= 11 is 0. The molecule has 1 heterocycles. The van der Waals surface area contributed by atoms with Crippen molar-refractivity contribution in [3.8, 4) is 0 Å². The fourth-order valence-corrected chi connectivity index (χ4v) is 2.34. The van der Waals surface area contributed by atoms with Crippen molar-refractivity contribution in [2.75, 3.05) is 11.6 Å². The molecule has 1 aromatic heterocycles. The average molecular weight is 288 g/mol. The first-order valence-corrected chi connectivity index (χ1v) is 7.86. The predicted molar refractivity (Wildman–Crippen MR) is 73.2 cm³/mol. The summed E-state index contributed by atoms with van der Waals surface area (Å²) in [5, 5.41) is 9.07. The number of aromatic amines is 1. The molecule has 8 heteroatoms. The van der Waals surface area contributed by atoms with Crippen LogP contribution in [0.2, 0.25) is 0 Å². The summed E-state index contributed by atoms with van der Waals surface area (Å²) in [6, 6.07) is -0.794. The number of amides is 1. The van der Waals surface area contributed by atoms with Crippen molar-refractivity contribution < 1.29 is 13.2 Å². The van der Waals surface area contributed by atoms with Gasteiger partial charge in [0.15, 0.2) is 0 Å². The number of nitrogens with zero attached hydrogens (tertiary/aromatic N) is 1. The van der Waals surface area contributed by atoms with Crippen LogP contribution < -0.4 is 10.0 Å². The molecule has 0 spiro atoms. The van der Waals surface area contributed by atoms with Gasteiger partial charge in [-0.1, -0.05) is 13.8 Å². The van der Waals surface area contributed by atoms with E-state index in [2.05, 4.69) is 20.2 Å². The molecule has 0 aromatic carbocycles. The van der Waals surface area contributed by atoms with Gasteiger partial charge < -0.3 is 5.32 Å². The lowest BCUT2D eigenvalue weighted by Gasteiger charge is -2.18. The molecule has 19 heavy (non-hydrogen) atoms. The van der Waals surface area contributed by atoms with Crippen LogP contribution >= 0.6 is 0 Å². The van der Waals surface area contributed by atoms with Gasteiger partial charge in [0.2, 0.25) is 15.9 Å². The third kappa shape index (κ3) is 5.39. The van der Waals surface area contributed by atoms with Crippen molar-refractivity contribution in [1.29, 1.82) is 0 Å². The Balaban J connectivity index is 2.79. The lowest BCUT2D eigenvalue weighted by Crippen LogP contribution is -2.44. The molecule has 0 bridgehead atoms. The van der Waals surface area contributed by atoms with Gasteiger partial charge in [-0.05, 0) is 19.3 Å². The van der Waals surface area contributed by atoms with E-state index in [4.69, 9.17) is 0 Å². The van der Waals surface area contributed by atoms with Crippen LogP contribution in [0.25, 0.3) is 0 Å². The zero-order chi connectivity index (χ0) is 14.6. The van der Waals surface area contributed by atoms with E-state index in [-0.39, 0.29) is 5.92 Å². The zero-order valence-electron chi connectivity index (χ0n) is 11.5. The van der Waals surface area contributed by atoms with Crippen LogP contribution in [0.3, 0.4) is 0 Å². The number of hydrogen-bond donors (Lipinski definition) is 3. The van der Waals surface area contributed by atoms with Gasteiger partial charge in [0, 0.05) is 5.56 Å². The lowest BCUT2D eigenvalue weighted by molar-refractivity contribution is -0.118. The van der Waals surface area contributed by atoms with Crippen molar-refractivity contribution in [3.63, 3.8) is 0 Å². The highest BCUT2D eigenvalue weighted by molar-refractivity contribution is 7.88. The van der Waals surface area contributed by atoms with E-state index < -0.39 is 22.0 Å². The van der Waals surface area contributed by atoms with E-state index in [1.54, 1.807) is 13.1 Å². The van der Waals surface area contributed by atoms with Crippen LogP contribution in [0.5, 0.6) is 0 Å². The Bertz CT molecular complexity index is 536. The first-order chi connectivity index (χ1) is 8.69. The van der Waals surface area contributed by atoms with E-state index in [9.17, 15) is 13.2 Å². The molecule has 0 aliphatic heterocycles. The molecule has 0 saturated carbocycles. The number of sulfonamides is 1. The number of anilines is 1. The molecule has 7 nitrogen and oxygen atoms in total. The second kappa shape index (κ2) is 6.16. The Labute approximate surface area is 113 Å². The second-order valence-electron chi connectivity index (χ2n) is 4.99. The number of carbonyl (C=O) groups is 1. The van der Waals surface area contributed by atoms with E-state index in [1.165, 1.54) is 0 Å². The summed E-state index contributed by atoms with van der Waals surface area (Å²) in [7, 11) is -3.44. The largest absolute Gasteiger partial charge is 0.309 e. The molecule has 1 rings (SSSR count). The minimum Gasteiger partial charge on any atom is -0.309 e. The first-order valence-electron chi connectivity index (χ1n) is 5.97. The Kier molecular flexibility index (Phi) is 5.07. The maximum absolute atomic E-state index is 12.1. The topological polar surface area (TPSA) is 104 Å². The molecule has 0 aliphatic carbocycles. The quantitative estimate of drug-likeness (QED) is 0.713. The summed E-state index contributed by atoms with van der Waals surface area (Å²) in [6.07, 6.45) is 3.04. The van der Waals surface area contributed by atoms with E-state index in [0.717, 1.165) is 11.8 Å². The fourth-order valence-electron chi connectivity index (χ4n) is 1.62. The standard InChI is InChI=1S/C11H20N4O3S/c1-7(2)5-9(15-19(4,17)18)11(16)13-10-8(3)6-12-14-10/h6-7,9,15H,5H2,1-4H3,(H2,12,13,14,16). The van der Waals surface area contributed by atoms with Gasteiger partial charge in [0.1, 0.15) is 11.9 Å². The van der Waals surface area contributed by atoms with E-state index in [1.807, 2.05) is 13.8 Å². The number of aromatic nitrogens is 2. The third-order valence-electron chi connectivity index (χ3n) is 2.46. The van der Waals surface area contributed by atoms with Gasteiger partial charge in [0.25, 0.3) is 0 Å². The summed E-state index contributed by atoms with van der Waals surface area (Å²) < 4.78 is 24.9. The van der Waals surface area contributed by atoms with Crippen LogP contribution in [-0.4, -0.2) is 36.8 Å². The number of rotatable bonds is 6. The van der Waals surface area contributed by atoms with Crippen molar-refractivity contribution >= 4 is 21.7 Å². The van der Waals surface area contributed by atoms with Gasteiger partial charge in [-0.3, -0.25) is 9.89 Å².